The Morgan fingerprint density at radius 1 is 1.11 bits per heavy atom. The van der Waals surface area contributed by atoms with Gasteiger partial charge < -0.3 is 25.5 Å². The Morgan fingerprint density at radius 3 is 2.21 bits per heavy atom. The summed E-state index contributed by atoms with van der Waals surface area (Å²) >= 11 is 0. The van der Waals surface area contributed by atoms with Crippen molar-refractivity contribution in [1.29, 1.82) is 0 Å². The van der Waals surface area contributed by atoms with Gasteiger partial charge in [0.15, 0.2) is 0 Å². The first-order chi connectivity index (χ1) is 8.90. The Balaban J connectivity index is 3.00. The van der Waals surface area contributed by atoms with Crippen LogP contribution in [0.5, 0.6) is 0 Å². The smallest absolute Gasteiger partial charge is 0.275 e. The van der Waals surface area contributed by atoms with E-state index in [2.05, 4.69) is 0 Å². The number of rotatable bonds is 6. The van der Waals surface area contributed by atoms with E-state index in [1.54, 1.807) is 0 Å². The first-order valence-electron chi connectivity index (χ1n) is 5.46. The lowest BCUT2D eigenvalue weighted by molar-refractivity contribution is -0.386. The molecule has 8 nitrogen and oxygen atoms in total. The maximum atomic E-state index is 10.8. The van der Waals surface area contributed by atoms with Crippen molar-refractivity contribution in [3.63, 3.8) is 0 Å². The second kappa shape index (κ2) is 6.55. The number of nitro groups is 1. The fourth-order valence-electron chi connectivity index (χ4n) is 1.61. The molecule has 5 N–H and O–H groups in total. The summed E-state index contributed by atoms with van der Waals surface area (Å²) in [6, 6.07) is 5.18. The fourth-order valence-corrected chi connectivity index (χ4v) is 1.61. The monoisotopic (exact) mass is 273 g/mol. The van der Waals surface area contributed by atoms with Crippen LogP contribution in [0.1, 0.15) is 11.7 Å². The number of nitro benzene ring substituents is 1. The summed E-state index contributed by atoms with van der Waals surface area (Å²) in [4.78, 5) is 10.0. The van der Waals surface area contributed by atoms with Crippen LogP contribution in [-0.2, 0) is 0 Å². The van der Waals surface area contributed by atoms with E-state index >= 15 is 0 Å². The van der Waals surface area contributed by atoms with Crippen molar-refractivity contribution in [3.05, 3.63) is 39.9 Å². The van der Waals surface area contributed by atoms with E-state index < -0.39 is 41.6 Å². The van der Waals surface area contributed by atoms with E-state index in [0.717, 1.165) is 6.07 Å². The van der Waals surface area contributed by atoms with Crippen molar-refractivity contribution in [2.24, 2.45) is 0 Å². The van der Waals surface area contributed by atoms with Gasteiger partial charge in [-0.1, -0.05) is 12.1 Å². The molecular weight excluding hydrogens is 258 g/mol. The van der Waals surface area contributed by atoms with Crippen LogP contribution in [0.15, 0.2) is 24.3 Å². The average molecular weight is 273 g/mol. The lowest BCUT2D eigenvalue weighted by Gasteiger charge is -2.25. The van der Waals surface area contributed by atoms with Gasteiger partial charge in [0.1, 0.15) is 24.4 Å². The van der Waals surface area contributed by atoms with Gasteiger partial charge >= 0.3 is 0 Å². The summed E-state index contributed by atoms with van der Waals surface area (Å²) < 4.78 is 0. The van der Waals surface area contributed by atoms with Gasteiger partial charge in [-0.3, -0.25) is 10.1 Å². The number of hydrogen-bond donors (Lipinski definition) is 5. The number of aliphatic hydroxyl groups is 5. The maximum Gasteiger partial charge on any atom is 0.275 e. The third-order valence-corrected chi connectivity index (χ3v) is 2.71. The Kier molecular flexibility index (Phi) is 5.33. The second-order valence-corrected chi connectivity index (χ2v) is 3.99. The van der Waals surface area contributed by atoms with E-state index in [1.165, 1.54) is 18.2 Å². The maximum absolute atomic E-state index is 10.8. The van der Waals surface area contributed by atoms with Crippen LogP contribution in [0.25, 0.3) is 0 Å². The molecule has 0 saturated heterocycles. The van der Waals surface area contributed by atoms with Gasteiger partial charge in [-0.15, -0.1) is 0 Å². The topological polar surface area (TPSA) is 144 Å². The van der Waals surface area contributed by atoms with Crippen molar-refractivity contribution in [2.75, 3.05) is 6.61 Å². The van der Waals surface area contributed by atoms with E-state index in [4.69, 9.17) is 10.2 Å². The molecule has 0 unspecified atom stereocenters. The largest absolute Gasteiger partial charge is 0.394 e. The van der Waals surface area contributed by atoms with Crippen LogP contribution < -0.4 is 0 Å². The zero-order valence-electron chi connectivity index (χ0n) is 9.83. The number of benzene rings is 1. The highest BCUT2D eigenvalue weighted by molar-refractivity contribution is 5.41. The molecule has 1 aromatic rings. The van der Waals surface area contributed by atoms with Gasteiger partial charge in [0.05, 0.1) is 17.1 Å². The molecule has 0 saturated carbocycles. The molecule has 0 aromatic heterocycles. The normalized spacial score (nSPS) is 17.5. The van der Waals surface area contributed by atoms with Gasteiger partial charge in [0.25, 0.3) is 5.69 Å². The highest BCUT2D eigenvalue weighted by Gasteiger charge is 2.33. The molecule has 0 radical (unpaired) electrons. The van der Waals surface area contributed by atoms with Crippen LogP contribution in [0, 0.1) is 10.1 Å². The first-order valence-corrected chi connectivity index (χ1v) is 5.46. The summed E-state index contributed by atoms with van der Waals surface area (Å²) in [5, 5.41) is 57.5. The molecule has 1 aromatic carbocycles. The van der Waals surface area contributed by atoms with Gasteiger partial charge in [0.2, 0.25) is 0 Å². The SMILES string of the molecule is O=[N+]([O-])c1ccccc1[C@@H](O)[C@@H](O)[C@H](O)[C@H](O)CO. The fraction of sp³-hybridized carbons (Fsp3) is 0.455. The average Bonchev–Trinajstić information content (AvgIpc) is 2.43. The summed E-state index contributed by atoms with van der Waals surface area (Å²) in [7, 11) is 0. The Hall–Kier alpha value is -1.58. The van der Waals surface area contributed by atoms with Crippen LogP contribution >= 0.6 is 0 Å². The molecule has 8 heteroatoms. The lowest BCUT2D eigenvalue weighted by atomic mass is 9.96. The Labute approximate surface area is 108 Å². The molecule has 0 aliphatic rings. The molecule has 0 heterocycles. The van der Waals surface area contributed by atoms with Crippen molar-refractivity contribution in [3.8, 4) is 0 Å². The Bertz CT molecular complexity index is 439. The minimum absolute atomic E-state index is 0.191. The molecule has 0 aliphatic carbocycles. The summed E-state index contributed by atoms with van der Waals surface area (Å²) in [5.41, 5.74) is -0.607. The number of hydrogen-bond acceptors (Lipinski definition) is 7. The van der Waals surface area contributed by atoms with Crippen LogP contribution in [0.4, 0.5) is 5.69 Å². The van der Waals surface area contributed by atoms with Gasteiger partial charge in [0, 0.05) is 6.07 Å². The zero-order chi connectivity index (χ0) is 14.6. The van der Waals surface area contributed by atoms with Gasteiger partial charge in [-0.05, 0) is 6.07 Å². The predicted octanol–water partition coefficient (Wildman–Crippen LogP) is -1.30. The van der Waals surface area contributed by atoms with Gasteiger partial charge in [-0.2, -0.15) is 0 Å². The van der Waals surface area contributed by atoms with E-state index in [-0.39, 0.29) is 5.56 Å². The number of nitrogens with zero attached hydrogens (tertiary/aromatic N) is 1. The summed E-state index contributed by atoms with van der Waals surface area (Å²) in [5.74, 6) is 0. The predicted molar refractivity (Wildman–Crippen MR) is 63.2 cm³/mol. The molecule has 19 heavy (non-hydrogen) atoms. The van der Waals surface area contributed by atoms with Crippen LogP contribution in [0.3, 0.4) is 0 Å². The molecule has 1 rings (SSSR count). The van der Waals surface area contributed by atoms with Crippen molar-refractivity contribution in [1.82, 2.24) is 0 Å². The lowest BCUT2D eigenvalue weighted by Crippen LogP contribution is -2.42. The second-order valence-electron chi connectivity index (χ2n) is 3.99. The third kappa shape index (κ3) is 3.46. The highest BCUT2D eigenvalue weighted by atomic mass is 16.6. The quantitative estimate of drug-likeness (QED) is 0.320. The van der Waals surface area contributed by atoms with Gasteiger partial charge in [-0.25, -0.2) is 0 Å². The number of aliphatic hydroxyl groups excluding tert-OH is 5. The number of para-hydroxylation sites is 1. The standard InChI is InChI=1S/C11H15NO7/c13-5-8(14)10(16)11(17)9(15)6-3-1-2-4-7(6)12(18)19/h1-4,8-11,13-17H,5H2/t8-,9-,10-,11-/m1/s1. The minimum Gasteiger partial charge on any atom is -0.394 e. The molecule has 4 atom stereocenters. The van der Waals surface area contributed by atoms with Crippen LogP contribution in [0.2, 0.25) is 0 Å². The Morgan fingerprint density at radius 2 is 1.68 bits per heavy atom. The zero-order valence-corrected chi connectivity index (χ0v) is 9.83. The molecule has 0 fully saturated rings. The minimum atomic E-state index is -1.87. The van der Waals surface area contributed by atoms with Crippen molar-refractivity contribution >= 4 is 5.69 Å². The van der Waals surface area contributed by atoms with Crippen molar-refractivity contribution < 1.29 is 30.5 Å². The third-order valence-electron chi connectivity index (χ3n) is 2.71. The molecular formula is C11H15NO7. The van der Waals surface area contributed by atoms with Crippen LogP contribution in [-0.4, -0.2) is 55.4 Å². The summed E-state index contributed by atoms with van der Waals surface area (Å²) in [6.45, 7) is -0.818. The molecule has 106 valence electrons. The van der Waals surface area contributed by atoms with E-state index in [1.807, 2.05) is 0 Å². The van der Waals surface area contributed by atoms with Crippen molar-refractivity contribution in [2.45, 2.75) is 24.4 Å². The first kappa shape index (κ1) is 15.5. The highest BCUT2D eigenvalue weighted by Crippen LogP contribution is 2.28. The van der Waals surface area contributed by atoms with E-state index in [0.29, 0.717) is 0 Å². The molecule has 0 amide bonds. The molecule has 0 spiro atoms. The molecule has 0 aliphatic heterocycles. The van der Waals surface area contributed by atoms with E-state index in [9.17, 15) is 25.4 Å². The molecule has 0 bridgehead atoms. The summed E-state index contributed by atoms with van der Waals surface area (Å²) in [6.07, 6.45) is -7.13.